The lowest BCUT2D eigenvalue weighted by Gasteiger charge is -2.71. The number of allylic oxidation sites excluding steroid dienone is 2. The Morgan fingerprint density at radius 3 is 2.18 bits per heavy atom. The lowest BCUT2D eigenvalue weighted by atomic mass is 9.33. The number of rotatable bonds is 1. The van der Waals surface area contributed by atoms with Crippen LogP contribution < -0.4 is 0 Å². The van der Waals surface area contributed by atoms with Crippen molar-refractivity contribution in [1.29, 1.82) is 0 Å². The summed E-state index contributed by atoms with van der Waals surface area (Å²) in [4.78, 5) is 12.8. The number of hydrogen-bond donors (Lipinski definition) is 3. The second-order valence-electron chi connectivity index (χ2n) is 15.2. The molecule has 0 amide bonds. The first-order valence-electron chi connectivity index (χ1n) is 13.9. The second-order valence-corrected chi connectivity index (χ2v) is 15.2. The monoisotopic (exact) mass is 472 g/mol. The maximum atomic E-state index is 12.8. The van der Waals surface area contributed by atoms with Crippen molar-refractivity contribution in [2.24, 2.45) is 50.2 Å². The van der Waals surface area contributed by atoms with E-state index in [2.05, 4.69) is 54.5 Å². The lowest BCUT2D eigenvalue weighted by molar-refractivity contribution is -0.218. The number of carboxylic acids is 1. The van der Waals surface area contributed by atoms with Crippen LogP contribution in [-0.4, -0.2) is 33.5 Å². The smallest absolute Gasteiger partial charge is 0.312 e. The minimum absolute atomic E-state index is 0.0218. The van der Waals surface area contributed by atoms with Gasteiger partial charge in [-0.2, -0.15) is 0 Å². The van der Waals surface area contributed by atoms with Crippen molar-refractivity contribution in [3.8, 4) is 0 Å². The zero-order valence-corrected chi connectivity index (χ0v) is 22.6. The van der Waals surface area contributed by atoms with Gasteiger partial charge in [0.15, 0.2) is 0 Å². The maximum absolute atomic E-state index is 12.8. The Balaban J connectivity index is 1.63. The summed E-state index contributed by atoms with van der Waals surface area (Å²) in [5, 5.41) is 33.1. The Morgan fingerprint density at radius 2 is 1.53 bits per heavy atom. The Bertz CT molecular complexity index is 919. The third-order valence-corrected chi connectivity index (χ3v) is 13.1. The molecule has 0 unspecified atom stereocenters. The summed E-state index contributed by atoms with van der Waals surface area (Å²) >= 11 is 0. The molecule has 5 aliphatic carbocycles. The minimum Gasteiger partial charge on any atom is -0.481 e. The predicted octanol–water partition coefficient (Wildman–Crippen LogP) is 6.20. The van der Waals surface area contributed by atoms with Gasteiger partial charge in [0, 0.05) is 0 Å². The van der Waals surface area contributed by atoms with Gasteiger partial charge in [0.2, 0.25) is 0 Å². The number of fused-ring (bicyclic) bond motifs is 7. The molecule has 3 N–H and O–H groups in total. The molecule has 4 saturated carbocycles. The Morgan fingerprint density at radius 1 is 0.853 bits per heavy atom. The van der Waals surface area contributed by atoms with E-state index >= 15 is 0 Å². The molecule has 34 heavy (non-hydrogen) atoms. The Hall–Kier alpha value is -0.870. The second kappa shape index (κ2) is 7.12. The quantitative estimate of drug-likeness (QED) is 0.397. The highest BCUT2D eigenvalue weighted by Gasteiger charge is 2.71. The largest absolute Gasteiger partial charge is 0.481 e. The molecule has 0 heterocycles. The molecule has 4 heteroatoms. The summed E-state index contributed by atoms with van der Waals surface area (Å²) in [6.07, 6.45) is 9.35. The van der Waals surface area contributed by atoms with Crippen molar-refractivity contribution >= 4 is 5.97 Å². The third kappa shape index (κ3) is 2.82. The van der Waals surface area contributed by atoms with Crippen LogP contribution in [0.25, 0.3) is 0 Å². The molecule has 0 saturated heterocycles. The van der Waals surface area contributed by atoms with E-state index in [-0.39, 0.29) is 39.1 Å². The van der Waals surface area contributed by atoms with Gasteiger partial charge in [0.05, 0.1) is 12.2 Å². The zero-order chi connectivity index (χ0) is 25.1. The van der Waals surface area contributed by atoms with Gasteiger partial charge in [0.1, 0.15) is 5.41 Å². The standard InChI is InChI=1S/C30H48O4/c1-25(2)14-15-30(24(33)34)19(16-25)18-8-9-21-27(5)12-11-22(31)26(3,4)20(27)10-13-28(21,6)29(18,7)17-23(30)32/h8,19-23,31-32H,9-17H2,1-7H3,(H,33,34)/t19-,20-,21+,22-,23-,27+,28-,29+,30-/m0/s1. The fourth-order valence-electron chi connectivity index (χ4n) is 10.7. The van der Waals surface area contributed by atoms with E-state index < -0.39 is 17.5 Å². The van der Waals surface area contributed by atoms with Crippen molar-refractivity contribution in [3.63, 3.8) is 0 Å². The van der Waals surface area contributed by atoms with Crippen LogP contribution in [0, 0.1) is 50.2 Å². The van der Waals surface area contributed by atoms with Crippen LogP contribution >= 0.6 is 0 Å². The number of aliphatic carboxylic acids is 1. The summed E-state index contributed by atoms with van der Waals surface area (Å²) in [6, 6.07) is 0. The van der Waals surface area contributed by atoms with Crippen molar-refractivity contribution in [1.82, 2.24) is 0 Å². The molecule has 0 spiro atoms. The van der Waals surface area contributed by atoms with Crippen LogP contribution in [0.1, 0.15) is 106 Å². The molecule has 0 radical (unpaired) electrons. The average molecular weight is 473 g/mol. The summed E-state index contributed by atoms with van der Waals surface area (Å²) < 4.78 is 0. The van der Waals surface area contributed by atoms with Crippen molar-refractivity contribution in [2.45, 2.75) is 118 Å². The highest BCUT2D eigenvalue weighted by atomic mass is 16.4. The molecule has 5 aliphatic rings. The number of hydrogen-bond acceptors (Lipinski definition) is 3. The SMILES string of the molecule is CC1(C)CC[C@@]2(C(=O)O)[C@@H](O)C[C@]3(C)C(=CC[C@@H]4[C@]5(C)CC[C@H](O)C(C)(C)[C@@H]5CC[C@@]43C)[C@@H]2C1. The van der Waals surface area contributed by atoms with E-state index in [1.54, 1.807) is 0 Å². The molecule has 0 bridgehead atoms. The van der Waals surface area contributed by atoms with Crippen LogP contribution in [0.4, 0.5) is 0 Å². The zero-order valence-electron chi connectivity index (χ0n) is 22.6. The summed E-state index contributed by atoms with van der Waals surface area (Å²) in [6.45, 7) is 16.4. The molecule has 4 nitrogen and oxygen atoms in total. The molecule has 9 atom stereocenters. The van der Waals surface area contributed by atoms with E-state index in [1.165, 1.54) is 5.57 Å². The van der Waals surface area contributed by atoms with Crippen LogP contribution in [0.5, 0.6) is 0 Å². The predicted molar refractivity (Wildman–Crippen MR) is 134 cm³/mol. The van der Waals surface area contributed by atoms with Gasteiger partial charge in [-0.15, -0.1) is 0 Å². The molecule has 0 aromatic rings. The first-order chi connectivity index (χ1) is 15.6. The molecular weight excluding hydrogens is 424 g/mol. The molecule has 0 aromatic heterocycles. The van der Waals surface area contributed by atoms with E-state index in [0.29, 0.717) is 24.7 Å². The number of aliphatic hydroxyl groups is 2. The van der Waals surface area contributed by atoms with Gasteiger partial charge in [-0.3, -0.25) is 4.79 Å². The molecule has 192 valence electrons. The van der Waals surface area contributed by atoms with E-state index in [9.17, 15) is 20.1 Å². The number of aliphatic hydroxyl groups excluding tert-OH is 2. The number of carboxylic acid groups (broad SMARTS) is 1. The van der Waals surface area contributed by atoms with Gasteiger partial charge in [0.25, 0.3) is 0 Å². The van der Waals surface area contributed by atoms with E-state index in [1.807, 2.05) is 0 Å². The van der Waals surface area contributed by atoms with Crippen molar-refractivity contribution in [2.75, 3.05) is 0 Å². The Kier molecular flexibility index (Phi) is 5.20. The topological polar surface area (TPSA) is 77.8 Å². The van der Waals surface area contributed by atoms with Crippen molar-refractivity contribution in [3.05, 3.63) is 11.6 Å². The summed E-state index contributed by atoms with van der Waals surface area (Å²) in [5.41, 5.74) is 0.295. The van der Waals surface area contributed by atoms with Gasteiger partial charge in [-0.05, 0) is 103 Å². The normalized spacial score (nSPS) is 53.4. The lowest BCUT2D eigenvalue weighted by Crippen LogP contribution is -2.67. The van der Waals surface area contributed by atoms with Gasteiger partial charge in [-0.25, -0.2) is 0 Å². The van der Waals surface area contributed by atoms with E-state index in [0.717, 1.165) is 44.9 Å². The fraction of sp³-hybridized carbons (Fsp3) is 0.900. The van der Waals surface area contributed by atoms with Gasteiger partial charge < -0.3 is 15.3 Å². The van der Waals surface area contributed by atoms with E-state index in [4.69, 9.17) is 0 Å². The first-order valence-corrected chi connectivity index (χ1v) is 13.9. The fourth-order valence-corrected chi connectivity index (χ4v) is 10.7. The summed E-state index contributed by atoms with van der Waals surface area (Å²) in [7, 11) is 0. The molecule has 5 rings (SSSR count). The molecule has 4 fully saturated rings. The van der Waals surface area contributed by atoms with Gasteiger partial charge in [-0.1, -0.05) is 60.1 Å². The third-order valence-electron chi connectivity index (χ3n) is 13.1. The molecule has 0 aromatic carbocycles. The van der Waals surface area contributed by atoms with Crippen LogP contribution in [0.15, 0.2) is 11.6 Å². The highest BCUT2D eigenvalue weighted by molar-refractivity contribution is 5.77. The minimum atomic E-state index is -1.04. The molecule has 0 aliphatic heterocycles. The van der Waals surface area contributed by atoms with Crippen molar-refractivity contribution < 1.29 is 20.1 Å². The maximum Gasteiger partial charge on any atom is 0.312 e. The Labute approximate surface area is 206 Å². The number of carbonyl (C=O) groups is 1. The van der Waals surface area contributed by atoms with Crippen LogP contribution in [-0.2, 0) is 4.79 Å². The summed E-state index contributed by atoms with van der Waals surface area (Å²) in [5.74, 6) is 0.0888. The highest BCUT2D eigenvalue weighted by Crippen LogP contribution is 2.75. The average Bonchev–Trinajstić information content (AvgIpc) is 2.71. The van der Waals surface area contributed by atoms with Crippen LogP contribution in [0.3, 0.4) is 0 Å². The first kappa shape index (κ1) is 24.8. The van der Waals surface area contributed by atoms with Crippen LogP contribution in [0.2, 0.25) is 0 Å². The van der Waals surface area contributed by atoms with Gasteiger partial charge >= 0.3 is 5.97 Å². The molecular formula is C30H48O4.